The molecular weight excluding hydrogens is 338 g/mol. The van der Waals surface area contributed by atoms with Crippen molar-refractivity contribution in [1.82, 2.24) is 0 Å². The highest BCUT2D eigenvalue weighted by Gasteiger charge is 2.47. The first-order valence-corrected chi connectivity index (χ1v) is 8.75. The van der Waals surface area contributed by atoms with Gasteiger partial charge in [0.15, 0.2) is 0 Å². The normalized spacial score (nSPS) is 21.0. The Morgan fingerprint density at radius 3 is 2.76 bits per heavy atom. The van der Waals surface area contributed by atoms with Crippen molar-refractivity contribution in [3.63, 3.8) is 0 Å². The van der Waals surface area contributed by atoms with Crippen molar-refractivity contribution < 1.29 is 14.3 Å². The van der Waals surface area contributed by atoms with Crippen LogP contribution in [0.15, 0.2) is 42.5 Å². The van der Waals surface area contributed by atoms with Crippen LogP contribution in [0.4, 0.5) is 5.69 Å². The molecule has 1 amide bonds. The third kappa shape index (κ3) is 2.81. The van der Waals surface area contributed by atoms with E-state index in [0.717, 1.165) is 34.7 Å². The highest BCUT2D eigenvalue weighted by atomic mass is 35.5. The van der Waals surface area contributed by atoms with Crippen molar-refractivity contribution in [2.75, 3.05) is 18.6 Å². The van der Waals surface area contributed by atoms with E-state index in [-0.39, 0.29) is 23.7 Å². The lowest BCUT2D eigenvalue weighted by molar-refractivity contribution is -0.119. The summed E-state index contributed by atoms with van der Waals surface area (Å²) in [5.74, 6) is -0.00577. The second kappa shape index (κ2) is 6.19. The molecule has 0 bridgehead atoms. The van der Waals surface area contributed by atoms with Crippen LogP contribution in [-0.2, 0) is 16.0 Å². The van der Waals surface area contributed by atoms with Crippen molar-refractivity contribution in [2.45, 2.75) is 18.8 Å². The van der Waals surface area contributed by atoms with Crippen molar-refractivity contribution in [3.05, 3.63) is 64.2 Å². The van der Waals surface area contributed by atoms with Gasteiger partial charge in [0.1, 0.15) is 0 Å². The molecule has 0 saturated heterocycles. The molecule has 4 nitrogen and oxygen atoms in total. The Morgan fingerprint density at radius 2 is 2.00 bits per heavy atom. The molecule has 128 valence electrons. The summed E-state index contributed by atoms with van der Waals surface area (Å²) in [5.41, 5.74) is 3.51. The van der Waals surface area contributed by atoms with Gasteiger partial charge in [0.2, 0.25) is 5.91 Å². The molecule has 2 unspecified atom stereocenters. The lowest BCUT2D eigenvalue weighted by atomic mass is 10.1. The number of carbonyl (C=O) groups excluding carboxylic acids is 2. The summed E-state index contributed by atoms with van der Waals surface area (Å²) in [6, 6.07) is 13.1. The van der Waals surface area contributed by atoms with Crippen LogP contribution in [0.25, 0.3) is 0 Å². The number of benzene rings is 2. The van der Waals surface area contributed by atoms with Gasteiger partial charge in [0.25, 0.3) is 0 Å². The van der Waals surface area contributed by atoms with Gasteiger partial charge in [-0.25, -0.2) is 4.79 Å². The number of hydrogen-bond acceptors (Lipinski definition) is 3. The molecule has 1 aliphatic carbocycles. The van der Waals surface area contributed by atoms with Gasteiger partial charge >= 0.3 is 5.97 Å². The van der Waals surface area contributed by atoms with E-state index in [1.54, 1.807) is 6.07 Å². The van der Waals surface area contributed by atoms with Gasteiger partial charge in [-0.2, -0.15) is 0 Å². The second-order valence-electron chi connectivity index (χ2n) is 6.55. The Kier molecular flexibility index (Phi) is 4.00. The molecule has 0 radical (unpaired) electrons. The first kappa shape index (κ1) is 16.2. The maximum Gasteiger partial charge on any atom is 0.337 e. The third-order valence-electron chi connectivity index (χ3n) is 5.07. The van der Waals surface area contributed by atoms with Gasteiger partial charge in [-0.15, -0.1) is 0 Å². The summed E-state index contributed by atoms with van der Waals surface area (Å²) in [6.07, 6.45) is 1.60. The molecule has 1 heterocycles. The summed E-state index contributed by atoms with van der Waals surface area (Å²) in [7, 11) is 1.37. The fourth-order valence-electron chi connectivity index (χ4n) is 3.66. The van der Waals surface area contributed by atoms with Crippen molar-refractivity contribution in [3.8, 4) is 0 Å². The zero-order valence-corrected chi connectivity index (χ0v) is 14.6. The molecule has 0 spiro atoms. The Hall–Kier alpha value is -2.33. The van der Waals surface area contributed by atoms with Crippen LogP contribution in [0, 0.1) is 5.92 Å². The largest absolute Gasteiger partial charge is 0.465 e. The Balaban J connectivity index is 1.53. The highest BCUT2D eigenvalue weighted by Crippen LogP contribution is 2.51. The molecular formula is C20H18ClNO3. The molecule has 1 aliphatic heterocycles. The molecule has 1 saturated carbocycles. The molecule has 2 atom stereocenters. The summed E-state index contributed by atoms with van der Waals surface area (Å²) in [4.78, 5) is 26.4. The van der Waals surface area contributed by atoms with Gasteiger partial charge in [-0.1, -0.05) is 29.8 Å². The maximum absolute atomic E-state index is 12.9. The van der Waals surface area contributed by atoms with Gasteiger partial charge in [-0.3, -0.25) is 4.79 Å². The molecule has 2 aromatic rings. The average Bonchev–Trinajstić information content (AvgIpc) is 3.31. The van der Waals surface area contributed by atoms with Crippen molar-refractivity contribution in [1.29, 1.82) is 0 Å². The fourth-order valence-corrected chi connectivity index (χ4v) is 3.94. The predicted octanol–water partition coefficient (Wildman–Crippen LogP) is 3.82. The minimum Gasteiger partial charge on any atom is -0.465 e. The average molecular weight is 356 g/mol. The topological polar surface area (TPSA) is 46.6 Å². The van der Waals surface area contributed by atoms with Crippen molar-refractivity contribution in [2.24, 2.45) is 5.92 Å². The smallest absolute Gasteiger partial charge is 0.337 e. The van der Waals surface area contributed by atoms with Gasteiger partial charge in [-0.05, 0) is 54.2 Å². The van der Waals surface area contributed by atoms with Crippen LogP contribution in [0.2, 0.25) is 5.02 Å². The number of nitrogens with zero attached hydrogens (tertiary/aromatic N) is 1. The highest BCUT2D eigenvalue weighted by molar-refractivity contribution is 6.31. The maximum atomic E-state index is 12.9. The fraction of sp³-hybridized carbons (Fsp3) is 0.300. The third-order valence-corrected chi connectivity index (χ3v) is 5.42. The molecule has 0 N–H and O–H groups in total. The number of amides is 1. The molecule has 0 aromatic heterocycles. The van der Waals surface area contributed by atoms with Crippen molar-refractivity contribution >= 4 is 29.2 Å². The van der Waals surface area contributed by atoms with Crippen LogP contribution in [0.5, 0.6) is 0 Å². The predicted molar refractivity (Wildman–Crippen MR) is 96.1 cm³/mol. The Labute approximate surface area is 151 Å². The van der Waals surface area contributed by atoms with Crippen LogP contribution in [-0.4, -0.2) is 25.5 Å². The lowest BCUT2D eigenvalue weighted by Gasteiger charge is -2.18. The van der Waals surface area contributed by atoms with Gasteiger partial charge < -0.3 is 9.64 Å². The van der Waals surface area contributed by atoms with E-state index in [1.165, 1.54) is 7.11 Å². The number of hydrogen-bond donors (Lipinski definition) is 0. The molecule has 2 aromatic carbocycles. The quantitative estimate of drug-likeness (QED) is 0.786. The standard InChI is InChI=1S/C20H18ClNO3/c1-25-20(24)13-6-7-18-12(10-13)8-9-22(18)19(23)16-11-15(16)14-4-2-3-5-17(14)21/h2-7,10,15-16H,8-9,11H2,1H3. The van der Waals surface area contributed by atoms with E-state index in [0.29, 0.717) is 12.1 Å². The molecule has 25 heavy (non-hydrogen) atoms. The Morgan fingerprint density at radius 1 is 1.20 bits per heavy atom. The minimum atomic E-state index is -0.353. The molecule has 4 rings (SSSR count). The number of carbonyl (C=O) groups is 2. The molecule has 5 heteroatoms. The van der Waals surface area contributed by atoms with E-state index in [2.05, 4.69) is 0 Å². The number of methoxy groups -OCH3 is 1. The first-order chi connectivity index (χ1) is 12.1. The van der Waals surface area contributed by atoms with Crippen LogP contribution in [0.1, 0.15) is 33.8 Å². The van der Waals surface area contributed by atoms with Gasteiger partial charge in [0, 0.05) is 23.2 Å². The first-order valence-electron chi connectivity index (χ1n) is 8.37. The van der Waals surface area contributed by atoms with Crippen LogP contribution < -0.4 is 4.90 Å². The van der Waals surface area contributed by atoms with E-state index >= 15 is 0 Å². The zero-order valence-electron chi connectivity index (χ0n) is 13.9. The number of fused-ring (bicyclic) bond motifs is 1. The Bertz CT molecular complexity index is 864. The van der Waals surface area contributed by atoms with E-state index in [9.17, 15) is 9.59 Å². The summed E-state index contributed by atoms with van der Waals surface area (Å²) < 4.78 is 4.76. The summed E-state index contributed by atoms with van der Waals surface area (Å²) >= 11 is 6.26. The number of rotatable bonds is 3. The second-order valence-corrected chi connectivity index (χ2v) is 6.95. The monoisotopic (exact) mass is 355 g/mol. The number of ether oxygens (including phenoxy) is 1. The van der Waals surface area contributed by atoms with Gasteiger partial charge in [0.05, 0.1) is 12.7 Å². The number of anilines is 1. The minimum absolute atomic E-state index is 0.00821. The lowest BCUT2D eigenvalue weighted by Crippen LogP contribution is -2.30. The SMILES string of the molecule is COC(=O)c1ccc2c(c1)CCN2C(=O)C1CC1c1ccccc1Cl. The summed E-state index contributed by atoms with van der Waals surface area (Å²) in [6.45, 7) is 0.657. The molecule has 2 aliphatic rings. The zero-order chi connectivity index (χ0) is 17.6. The summed E-state index contributed by atoms with van der Waals surface area (Å²) in [5, 5.41) is 0.729. The van der Waals surface area contributed by atoms with Crippen LogP contribution in [0.3, 0.4) is 0 Å². The van der Waals surface area contributed by atoms with Crippen LogP contribution >= 0.6 is 11.6 Å². The van der Waals surface area contributed by atoms with E-state index in [4.69, 9.17) is 16.3 Å². The number of esters is 1. The van der Waals surface area contributed by atoms with E-state index in [1.807, 2.05) is 41.3 Å². The van der Waals surface area contributed by atoms with E-state index < -0.39 is 0 Å². The molecule has 1 fully saturated rings. The number of halogens is 1.